The molecule has 0 spiro atoms. The van der Waals surface area contributed by atoms with Gasteiger partial charge in [0.2, 0.25) is 0 Å². The van der Waals surface area contributed by atoms with E-state index in [0.717, 1.165) is 70.6 Å². The lowest BCUT2D eigenvalue weighted by Crippen LogP contribution is -2.30. The van der Waals surface area contributed by atoms with E-state index in [9.17, 15) is 14.4 Å². The van der Waals surface area contributed by atoms with Gasteiger partial charge >= 0.3 is 17.9 Å². The van der Waals surface area contributed by atoms with Gasteiger partial charge in [0.05, 0.1) is 0 Å². The first-order valence-electron chi connectivity index (χ1n) is 21.4. The maximum atomic E-state index is 12.6. The van der Waals surface area contributed by atoms with Gasteiger partial charge in [-0.1, -0.05) is 164 Å². The van der Waals surface area contributed by atoms with Crippen LogP contribution in [0.2, 0.25) is 0 Å². The topological polar surface area (TPSA) is 78.9 Å². The van der Waals surface area contributed by atoms with Crippen LogP contribution in [-0.4, -0.2) is 37.2 Å². The molecule has 0 aliphatic heterocycles. The van der Waals surface area contributed by atoms with Crippen LogP contribution >= 0.6 is 0 Å². The van der Waals surface area contributed by atoms with Crippen LogP contribution in [0.1, 0.15) is 188 Å². The van der Waals surface area contributed by atoms with Crippen molar-refractivity contribution < 1.29 is 28.6 Å². The van der Waals surface area contributed by atoms with Gasteiger partial charge in [0.25, 0.3) is 0 Å². The van der Waals surface area contributed by atoms with Gasteiger partial charge in [-0.3, -0.25) is 14.4 Å². The fraction of sp³-hybridized carbons (Fsp3) is 0.681. The molecule has 302 valence electrons. The summed E-state index contributed by atoms with van der Waals surface area (Å²) in [5.74, 6) is -1.01. The molecule has 1 unspecified atom stereocenters. The van der Waals surface area contributed by atoms with Gasteiger partial charge in [-0.2, -0.15) is 0 Å². The largest absolute Gasteiger partial charge is 0.462 e. The highest BCUT2D eigenvalue weighted by Gasteiger charge is 2.19. The van der Waals surface area contributed by atoms with Crippen LogP contribution in [0.15, 0.2) is 72.9 Å². The molecule has 0 aliphatic carbocycles. The summed E-state index contributed by atoms with van der Waals surface area (Å²) < 4.78 is 16.5. The number of esters is 3. The number of hydrogen-bond donors (Lipinski definition) is 0. The minimum atomic E-state index is -0.807. The van der Waals surface area contributed by atoms with Gasteiger partial charge in [-0.05, 0) is 77.0 Å². The van der Waals surface area contributed by atoms with Gasteiger partial charge < -0.3 is 14.2 Å². The van der Waals surface area contributed by atoms with E-state index in [2.05, 4.69) is 93.7 Å². The third kappa shape index (κ3) is 39.9. The summed E-state index contributed by atoms with van der Waals surface area (Å²) in [4.78, 5) is 37.5. The lowest BCUT2D eigenvalue weighted by atomic mass is 10.1. The lowest BCUT2D eigenvalue weighted by molar-refractivity contribution is -0.167. The van der Waals surface area contributed by atoms with Crippen molar-refractivity contribution in [2.24, 2.45) is 0 Å². The van der Waals surface area contributed by atoms with Crippen molar-refractivity contribution in [1.82, 2.24) is 0 Å². The van der Waals surface area contributed by atoms with E-state index in [0.29, 0.717) is 19.3 Å². The molecule has 0 aliphatic rings. The van der Waals surface area contributed by atoms with Crippen LogP contribution < -0.4 is 0 Å². The molecule has 6 heteroatoms. The molecule has 0 N–H and O–H groups in total. The SMILES string of the molecule is CC/C=C\C/C=C\C/C=C\C/C=C\C/C=C\CCCC(=O)OCC(COC(=O)CCCCCCCCCCC)OC(=O)CCC/C=C\CCCCCC. The summed E-state index contributed by atoms with van der Waals surface area (Å²) in [5.41, 5.74) is 0. The first kappa shape index (κ1) is 49.9. The maximum Gasteiger partial charge on any atom is 0.306 e. The number of carbonyl (C=O) groups is 3. The average Bonchev–Trinajstić information content (AvgIpc) is 3.15. The number of ether oxygens (including phenoxy) is 3. The zero-order valence-electron chi connectivity index (χ0n) is 34.3. The number of unbranched alkanes of at least 4 members (excludes halogenated alkanes) is 14. The first-order chi connectivity index (χ1) is 26.0. The van der Waals surface area contributed by atoms with Gasteiger partial charge in [0.15, 0.2) is 6.10 Å². The number of rotatable bonds is 37. The highest BCUT2D eigenvalue weighted by molar-refractivity contribution is 5.71. The fourth-order valence-corrected chi connectivity index (χ4v) is 5.48. The van der Waals surface area contributed by atoms with E-state index in [1.807, 2.05) is 0 Å². The second-order valence-corrected chi connectivity index (χ2v) is 13.9. The number of carbonyl (C=O) groups excluding carboxylic acids is 3. The summed E-state index contributed by atoms with van der Waals surface area (Å²) in [6.45, 7) is 6.36. The van der Waals surface area contributed by atoms with Crippen LogP contribution in [0.25, 0.3) is 0 Å². The molecule has 0 saturated heterocycles. The molecule has 0 aromatic carbocycles. The van der Waals surface area contributed by atoms with Gasteiger partial charge in [0, 0.05) is 19.3 Å². The summed E-state index contributed by atoms with van der Waals surface area (Å²) in [6.07, 6.45) is 50.5. The predicted octanol–water partition coefficient (Wildman–Crippen LogP) is 13.5. The Balaban J connectivity index is 4.46. The molecule has 53 heavy (non-hydrogen) atoms. The molecule has 1 atom stereocenters. The standard InChI is InChI=1S/C47H78O6/c1-4-7-10-13-16-19-20-21-22-23-24-25-26-29-31-34-37-40-46(49)52-43-44(53-47(50)41-38-35-32-28-18-15-12-9-6-3)42-51-45(48)39-36-33-30-27-17-14-11-8-5-2/h7,10,16,19,21-22,24-25,28-29,31-32,44H,4-6,8-9,11-15,17-18,20,23,26-27,30,33-43H2,1-3H3/b10-7-,19-16-,22-21-,25-24-,31-29-,32-28-. The van der Waals surface area contributed by atoms with E-state index in [-0.39, 0.29) is 44.0 Å². The number of hydrogen-bond acceptors (Lipinski definition) is 6. The number of allylic oxidation sites excluding steroid dienone is 12. The minimum absolute atomic E-state index is 0.104. The molecule has 0 bridgehead atoms. The molecule has 0 aromatic rings. The zero-order valence-corrected chi connectivity index (χ0v) is 34.3. The van der Waals surface area contributed by atoms with Crippen LogP contribution in [0.3, 0.4) is 0 Å². The van der Waals surface area contributed by atoms with Crippen molar-refractivity contribution in [3.63, 3.8) is 0 Å². The second kappa shape index (κ2) is 41.6. The summed E-state index contributed by atoms with van der Waals surface area (Å²) >= 11 is 0. The lowest BCUT2D eigenvalue weighted by Gasteiger charge is -2.18. The Morgan fingerprint density at radius 1 is 0.396 bits per heavy atom. The molecule has 0 heterocycles. The third-order valence-electron chi connectivity index (χ3n) is 8.70. The van der Waals surface area contributed by atoms with Crippen LogP contribution in [0.5, 0.6) is 0 Å². The van der Waals surface area contributed by atoms with Crippen molar-refractivity contribution in [3.8, 4) is 0 Å². The van der Waals surface area contributed by atoms with Crippen molar-refractivity contribution in [3.05, 3.63) is 72.9 Å². The monoisotopic (exact) mass is 739 g/mol. The maximum absolute atomic E-state index is 12.6. The zero-order chi connectivity index (χ0) is 38.7. The summed E-state index contributed by atoms with van der Waals surface area (Å²) in [7, 11) is 0. The molecule has 0 rings (SSSR count). The Morgan fingerprint density at radius 3 is 1.25 bits per heavy atom. The molecular weight excluding hydrogens is 661 g/mol. The molecule has 0 amide bonds. The Labute approximate surface area is 325 Å². The Kier molecular flexibility index (Phi) is 39.1. The fourth-order valence-electron chi connectivity index (χ4n) is 5.48. The summed E-state index contributed by atoms with van der Waals surface area (Å²) in [5, 5.41) is 0. The van der Waals surface area contributed by atoms with E-state index in [1.165, 1.54) is 64.2 Å². The predicted molar refractivity (Wildman–Crippen MR) is 224 cm³/mol. The highest BCUT2D eigenvalue weighted by Crippen LogP contribution is 2.12. The third-order valence-corrected chi connectivity index (χ3v) is 8.70. The van der Waals surface area contributed by atoms with E-state index in [4.69, 9.17) is 14.2 Å². The van der Waals surface area contributed by atoms with Crippen LogP contribution in [0, 0.1) is 0 Å². The second-order valence-electron chi connectivity index (χ2n) is 13.9. The van der Waals surface area contributed by atoms with Gasteiger partial charge in [-0.25, -0.2) is 0 Å². The minimum Gasteiger partial charge on any atom is -0.462 e. The molecular formula is C47H78O6. The molecule has 0 saturated carbocycles. The molecule has 0 aromatic heterocycles. The van der Waals surface area contributed by atoms with E-state index >= 15 is 0 Å². The van der Waals surface area contributed by atoms with Crippen molar-refractivity contribution in [2.75, 3.05) is 13.2 Å². The molecule has 6 nitrogen and oxygen atoms in total. The van der Waals surface area contributed by atoms with Crippen LogP contribution in [0.4, 0.5) is 0 Å². The average molecular weight is 739 g/mol. The Morgan fingerprint density at radius 2 is 0.755 bits per heavy atom. The molecule has 0 radical (unpaired) electrons. The van der Waals surface area contributed by atoms with Crippen molar-refractivity contribution in [1.29, 1.82) is 0 Å². The van der Waals surface area contributed by atoms with Crippen molar-refractivity contribution >= 4 is 17.9 Å². The molecule has 0 fully saturated rings. The quantitative estimate of drug-likeness (QED) is 0.0273. The van der Waals surface area contributed by atoms with E-state index < -0.39 is 6.10 Å². The van der Waals surface area contributed by atoms with Gasteiger partial charge in [-0.15, -0.1) is 0 Å². The van der Waals surface area contributed by atoms with Crippen molar-refractivity contribution in [2.45, 2.75) is 194 Å². The normalized spacial score (nSPS) is 12.7. The van der Waals surface area contributed by atoms with Gasteiger partial charge in [0.1, 0.15) is 13.2 Å². The smallest absolute Gasteiger partial charge is 0.306 e. The van der Waals surface area contributed by atoms with E-state index in [1.54, 1.807) is 0 Å². The summed E-state index contributed by atoms with van der Waals surface area (Å²) in [6, 6.07) is 0. The Bertz CT molecular complexity index is 1030. The Hall–Kier alpha value is -3.15. The first-order valence-corrected chi connectivity index (χ1v) is 21.4. The van der Waals surface area contributed by atoms with Crippen LogP contribution in [-0.2, 0) is 28.6 Å². The highest BCUT2D eigenvalue weighted by atomic mass is 16.6.